The van der Waals surface area contributed by atoms with Crippen molar-refractivity contribution < 1.29 is 5.11 Å². The van der Waals surface area contributed by atoms with Crippen molar-refractivity contribution in [3.8, 4) is 11.3 Å². The first-order valence-corrected chi connectivity index (χ1v) is 10.7. The van der Waals surface area contributed by atoms with Gasteiger partial charge in [-0.3, -0.25) is 5.43 Å². The first-order chi connectivity index (χ1) is 13.8. The molecule has 0 aliphatic heterocycles. The van der Waals surface area contributed by atoms with Gasteiger partial charge in [0, 0.05) is 16.4 Å². The van der Waals surface area contributed by atoms with Gasteiger partial charge in [-0.05, 0) is 30.0 Å². The average molecular weight is 392 g/mol. The largest absolute Gasteiger partial charge is 0.395 e. The van der Waals surface area contributed by atoms with Crippen LogP contribution in [0.15, 0.2) is 65.1 Å². The molecule has 1 fully saturated rings. The molecular formula is C23H25N3OS. The van der Waals surface area contributed by atoms with Crippen LogP contribution in [0.2, 0.25) is 0 Å². The molecule has 3 aromatic rings. The minimum atomic E-state index is -0.0879. The van der Waals surface area contributed by atoms with Crippen LogP contribution in [0.3, 0.4) is 0 Å². The molecular weight excluding hydrogens is 366 g/mol. The molecule has 0 amide bonds. The van der Waals surface area contributed by atoms with Crippen molar-refractivity contribution in [3.05, 3.63) is 71.1 Å². The fraction of sp³-hybridized carbons (Fsp3) is 0.304. The van der Waals surface area contributed by atoms with E-state index in [1.54, 1.807) is 0 Å². The first kappa shape index (κ1) is 18.8. The average Bonchev–Trinajstić information content (AvgIpc) is 3.24. The van der Waals surface area contributed by atoms with Gasteiger partial charge in [0.25, 0.3) is 0 Å². The van der Waals surface area contributed by atoms with Crippen LogP contribution >= 0.6 is 11.3 Å². The van der Waals surface area contributed by atoms with E-state index in [1.807, 2.05) is 35.9 Å². The number of rotatable bonds is 6. The highest BCUT2D eigenvalue weighted by Gasteiger charge is 2.33. The van der Waals surface area contributed by atoms with Gasteiger partial charge in [0.2, 0.25) is 5.13 Å². The molecule has 1 aliphatic rings. The molecule has 0 radical (unpaired) electrons. The monoisotopic (exact) mass is 391 g/mol. The Kier molecular flexibility index (Phi) is 5.84. The molecule has 2 aromatic carbocycles. The van der Waals surface area contributed by atoms with Gasteiger partial charge in [-0.2, -0.15) is 5.10 Å². The Morgan fingerprint density at radius 3 is 2.68 bits per heavy atom. The minimum Gasteiger partial charge on any atom is -0.395 e. The van der Waals surface area contributed by atoms with E-state index in [2.05, 4.69) is 45.8 Å². The summed E-state index contributed by atoms with van der Waals surface area (Å²) in [6, 6.07) is 18.5. The maximum Gasteiger partial charge on any atom is 0.203 e. The summed E-state index contributed by atoms with van der Waals surface area (Å²) >= 11 is 1.54. The van der Waals surface area contributed by atoms with E-state index in [-0.39, 0.29) is 12.0 Å². The van der Waals surface area contributed by atoms with E-state index < -0.39 is 0 Å². The summed E-state index contributed by atoms with van der Waals surface area (Å²) in [6.45, 7) is 0.216. The number of aliphatic hydroxyl groups is 1. The maximum atomic E-state index is 10.1. The molecule has 1 aromatic heterocycles. The minimum absolute atomic E-state index is 0.0879. The van der Waals surface area contributed by atoms with Crippen LogP contribution in [-0.4, -0.2) is 22.9 Å². The highest BCUT2D eigenvalue weighted by Crippen LogP contribution is 2.39. The summed E-state index contributed by atoms with van der Waals surface area (Å²) in [7, 11) is 0. The van der Waals surface area contributed by atoms with Crippen molar-refractivity contribution >= 4 is 22.7 Å². The van der Waals surface area contributed by atoms with Crippen LogP contribution in [0.1, 0.15) is 43.2 Å². The van der Waals surface area contributed by atoms with Crippen LogP contribution in [0.4, 0.5) is 5.13 Å². The normalized spacial score (nSPS) is 16.3. The lowest BCUT2D eigenvalue weighted by Gasteiger charge is -2.36. The lowest BCUT2D eigenvalue weighted by atomic mass is 9.70. The second kappa shape index (κ2) is 8.67. The standard InChI is InChI=1S/C23H25N3OS/c27-17-23(12-5-2-6-13-23)20-11-7-8-18(14-20)15-24-26-22-25-21(16-28-22)19-9-3-1-4-10-19/h1,3-4,7-11,14-16,27H,2,5-6,12-13,17H2,(H,25,26). The highest BCUT2D eigenvalue weighted by atomic mass is 32.1. The molecule has 2 N–H and O–H groups in total. The van der Waals surface area contributed by atoms with Gasteiger partial charge >= 0.3 is 0 Å². The topological polar surface area (TPSA) is 57.5 Å². The van der Waals surface area contributed by atoms with Gasteiger partial charge in [0.1, 0.15) is 0 Å². The Morgan fingerprint density at radius 1 is 1.07 bits per heavy atom. The van der Waals surface area contributed by atoms with Gasteiger partial charge in [-0.1, -0.05) is 67.8 Å². The maximum absolute atomic E-state index is 10.1. The number of aromatic nitrogens is 1. The fourth-order valence-electron chi connectivity index (χ4n) is 3.94. The molecule has 0 bridgehead atoms. The molecule has 0 spiro atoms. The number of nitrogens with one attached hydrogen (secondary N) is 1. The molecule has 28 heavy (non-hydrogen) atoms. The van der Waals surface area contributed by atoms with Crippen LogP contribution in [0.25, 0.3) is 11.3 Å². The molecule has 0 unspecified atom stereocenters. The van der Waals surface area contributed by atoms with Crippen molar-refractivity contribution in [2.75, 3.05) is 12.0 Å². The third kappa shape index (κ3) is 4.16. The molecule has 144 valence electrons. The highest BCUT2D eigenvalue weighted by molar-refractivity contribution is 7.14. The number of hydrogen-bond donors (Lipinski definition) is 2. The Balaban J connectivity index is 1.45. The Hall–Kier alpha value is -2.50. The second-order valence-electron chi connectivity index (χ2n) is 7.40. The lowest BCUT2D eigenvalue weighted by Crippen LogP contribution is -2.33. The predicted molar refractivity (Wildman–Crippen MR) is 117 cm³/mol. The van der Waals surface area contributed by atoms with E-state index in [9.17, 15) is 5.11 Å². The van der Waals surface area contributed by atoms with Crippen LogP contribution in [-0.2, 0) is 5.41 Å². The zero-order valence-corrected chi connectivity index (χ0v) is 16.7. The van der Waals surface area contributed by atoms with Crippen molar-refractivity contribution in [3.63, 3.8) is 0 Å². The molecule has 1 saturated carbocycles. The first-order valence-electron chi connectivity index (χ1n) is 9.81. The van der Waals surface area contributed by atoms with Gasteiger partial charge in [-0.25, -0.2) is 4.98 Å². The Morgan fingerprint density at radius 2 is 1.89 bits per heavy atom. The summed E-state index contributed by atoms with van der Waals surface area (Å²) in [5.41, 5.74) is 7.25. The molecule has 4 nitrogen and oxygen atoms in total. The molecule has 0 atom stereocenters. The summed E-state index contributed by atoms with van der Waals surface area (Å²) in [5, 5.41) is 17.2. The van der Waals surface area contributed by atoms with Crippen molar-refractivity contribution in [1.82, 2.24) is 4.98 Å². The van der Waals surface area contributed by atoms with Crippen LogP contribution in [0.5, 0.6) is 0 Å². The number of hydrazone groups is 1. The summed E-state index contributed by atoms with van der Waals surface area (Å²) in [6.07, 6.45) is 7.59. The Bertz CT molecular complexity index is 930. The SMILES string of the molecule is OCC1(c2cccc(C=NNc3nc(-c4ccccc4)cs3)c2)CCCCC1. The summed E-state index contributed by atoms with van der Waals surface area (Å²) in [4.78, 5) is 4.59. The zero-order valence-electron chi connectivity index (χ0n) is 15.8. The van der Waals surface area contributed by atoms with E-state index >= 15 is 0 Å². The zero-order chi connectivity index (χ0) is 19.2. The van der Waals surface area contributed by atoms with Gasteiger partial charge in [0.05, 0.1) is 18.5 Å². The number of thiazole rings is 1. The van der Waals surface area contributed by atoms with E-state index in [0.717, 1.165) is 34.8 Å². The lowest BCUT2D eigenvalue weighted by molar-refractivity contribution is 0.152. The number of benzene rings is 2. The summed E-state index contributed by atoms with van der Waals surface area (Å²) < 4.78 is 0. The smallest absolute Gasteiger partial charge is 0.203 e. The molecule has 5 heteroatoms. The Labute approximate surface area is 170 Å². The number of aliphatic hydroxyl groups excluding tert-OH is 1. The van der Waals surface area contributed by atoms with Gasteiger partial charge in [-0.15, -0.1) is 11.3 Å². The molecule has 1 aliphatic carbocycles. The van der Waals surface area contributed by atoms with Gasteiger partial charge in [0.15, 0.2) is 0 Å². The van der Waals surface area contributed by atoms with Crippen molar-refractivity contribution in [1.29, 1.82) is 0 Å². The van der Waals surface area contributed by atoms with E-state index in [1.165, 1.54) is 36.2 Å². The predicted octanol–water partition coefficient (Wildman–Crippen LogP) is 5.45. The quantitative estimate of drug-likeness (QED) is 0.434. The number of anilines is 1. The summed E-state index contributed by atoms with van der Waals surface area (Å²) in [5.74, 6) is 0. The third-order valence-corrected chi connectivity index (χ3v) is 6.31. The second-order valence-corrected chi connectivity index (χ2v) is 8.26. The molecule has 1 heterocycles. The van der Waals surface area contributed by atoms with Gasteiger partial charge < -0.3 is 5.11 Å². The third-order valence-electron chi connectivity index (χ3n) is 5.56. The van der Waals surface area contributed by atoms with Crippen LogP contribution in [0, 0.1) is 0 Å². The van der Waals surface area contributed by atoms with Crippen molar-refractivity contribution in [2.45, 2.75) is 37.5 Å². The van der Waals surface area contributed by atoms with E-state index in [4.69, 9.17) is 0 Å². The molecule has 4 rings (SSSR count). The fourth-order valence-corrected chi connectivity index (χ4v) is 4.61. The van der Waals surface area contributed by atoms with E-state index in [0.29, 0.717) is 0 Å². The van der Waals surface area contributed by atoms with Crippen LogP contribution < -0.4 is 5.43 Å². The number of hydrogen-bond acceptors (Lipinski definition) is 5. The number of nitrogens with zero attached hydrogens (tertiary/aromatic N) is 2. The van der Waals surface area contributed by atoms with Crippen molar-refractivity contribution in [2.24, 2.45) is 5.10 Å². The molecule has 0 saturated heterocycles.